The number of rotatable bonds is 4. The van der Waals surface area contributed by atoms with Gasteiger partial charge in [-0.05, 0) is 48.2 Å². The maximum atomic E-state index is 10.8. The van der Waals surface area contributed by atoms with E-state index in [-0.39, 0.29) is 11.7 Å². The Morgan fingerprint density at radius 1 is 1.42 bits per heavy atom. The lowest BCUT2D eigenvalue weighted by molar-refractivity contribution is -0.111. The molecule has 0 atom stereocenters. The molecule has 5 heteroatoms. The number of methoxy groups -OCH3 is 1. The molecule has 100 valence electrons. The van der Waals surface area contributed by atoms with Crippen LogP contribution in [0.15, 0.2) is 18.2 Å². The van der Waals surface area contributed by atoms with Crippen molar-refractivity contribution in [1.82, 2.24) is 4.98 Å². The second-order valence-corrected chi connectivity index (χ2v) is 5.05. The minimum absolute atomic E-state index is 0.247. The summed E-state index contributed by atoms with van der Waals surface area (Å²) in [6.45, 7) is 1.99. The van der Waals surface area contributed by atoms with Crippen LogP contribution in [0.1, 0.15) is 17.5 Å². The molecule has 0 aliphatic rings. The summed E-state index contributed by atoms with van der Waals surface area (Å²) in [4.78, 5) is 15.2. The highest BCUT2D eigenvalue weighted by atomic mass is 35.5. The smallest absolute Gasteiger partial charge is 0.221 e. The largest absolute Gasteiger partial charge is 0.494 e. The van der Waals surface area contributed by atoms with Crippen molar-refractivity contribution < 1.29 is 9.53 Å². The molecule has 2 aromatic rings. The highest BCUT2D eigenvalue weighted by molar-refractivity contribution is 6.63. The maximum Gasteiger partial charge on any atom is 0.221 e. The first kappa shape index (κ1) is 14.1. The molecule has 0 unspecified atom stereocenters. The number of carbonyl (C=O) groups is 1. The molecule has 0 saturated carbocycles. The fourth-order valence-corrected chi connectivity index (χ4v) is 2.29. The Balaban J connectivity index is 2.55. The van der Waals surface area contributed by atoms with Gasteiger partial charge >= 0.3 is 0 Å². The quantitative estimate of drug-likeness (QED) is 0.634. The third-order valence-corrected chi connectivity index (χ3v) is 3.52. The van der Waals surface area contributed by atoms with Crippen molar-refractivity contribution in [3.63, 3.8) is 0 Å². The highest BCUT2D eigenvalue weighted by Gasteiger charge is 2.11. The fourth-order valence-electron chi connectivity index (χ4n) is 1.96. The SMILES string of the molecule is COc1ccc(C)c2cc(CCC(=O)Cl)c(Cl)nc12. The van der Waals surface area contributed by atoms with Crippen molar-refractivity contribution in [3.8, 4) is 5.75 Å². The van der Waals surface area contributed by atoms with E-state index in [1.54, 1.807) is 7.11 Å². The molecule has 1 aromatic carbocycles. The molecule has 0 N–H and O–H groups in total. The number of aryl methyl sites for hydroxylation is 2. The summed E-state index contributed by atoms with van der Waals surface area (Å²) < 4.78 is 5.28. The van der Waals surface area contributed by atoms with Crippen molar-refractivity contribution in [2.75, 3.05) is 7.11 Å². The third kappa shape index (κ3) is 2.99. The third-order valence-electron chi connectivity index (χ3n) is 3.00. The summed E-state index contributed by atoms with van der Waals surface area (Å²) in [6, 6.07) is 5.78. The van der Waals surface area contributed by atoms with E-state index in [2.05, 4.69) is 4.98 Å². The van der Waals surface area contributed by atoms with Crippen molar-refractivity contribution in [1.29, 1.82) is 0 Å². The first-order valence-corrected chi connectivity index (χ1v) is 6.59. The average molecular weight is 298 g/mol. The molecule has 0 aliphatic carbocycles. The second-order valence-electron chi connectivity index (χ2n) is 4.27. The van der Waals surface area contributed by atoms with Crippen LogP contribution < -0.4 is 4.74 Å². The lowest BCUT2D eigenvalue weighted by Crippen LogP contribution is -1.97. The van der Waals surface area contributed by atoms with E-state index in [0.717, 1.165) is 22.0 Å². The number of ether oxygens (including phenoxy) is 1. The molecule has 3 nitrogen and oxygen atoms in total. The zero-order valence-corrected chi connectivity index (χ0v) is 12.2. The van der Waals surface area contributed by atoms with Crippen molar-refractivity contribution in [2.24, 2.45) is 0 Å². The van der Waals surface area contributed by atoms with Crippen LogP contribution in [0.5, 0.6) is 5.75 Å². The van der Waals surface area contributed by atoms with Gasteiger partial charge in [-0.1, -0.05) is 17.7 Å². The Morgan fingerprint density at radius 3 is 2.79 bits per heavy atom. The van der Waals surface area contributed by atoms with Crippen LogP contribution in [0.2, 0.25) is 5.15 Å². The van der Waals surface area contributed by atoms with E-state index in [4.69, 9.17) is 27.9 Å². The van der Waals surface area contributed by atoms with E-state index in [9.17, 15) is 4.79 Å². The lowest BCUT2D eigenvalue weighted by Gasteiger charge is -2.10. The minimum Gasteiger partial charge on any atom is -0.494 e. The van der Waals surface area contributed by atoms with Crippen LogP contribution in [-0.2, 0) is 11.2 Å². The minimum atomic E-state index is -0.376. The van der Waals surface area contributed by atoms with Crippen LogP contribution >= 0.6 is 23.2 Å². The van der Waals surface area contributed by atoms with E-state index in [0.29, 0.717) is 17.3 Å². The number of nitrogens with zero attached hydrogens (tertiary/aromatic N) is 1. The standard InChI is InChI=1S/C14H13Cl2NO2/c1-8-3-5-11(19-2)13-10(8)7-9(14(16)17-13)4-6-12(15)18/h3,5,7H,4,6H2,1-2H3. The molecule has 0 fully saturated rings. The predicted molar refractivity (Wildman–Crippen MR) is 77.2 cm³/mol. The molecule has 1 heterocycles. The first-order valence-electron chi connectivity index (χ1n) is 5.84. The van der Waals surface area contributed by atoms with Gasteiger partial charge in [0, 0.05) is 11.8 Å². The molecule has 2 rings (SSSR count). The molecular weight excluding hydrogens is 285 g/mol. The van der Waals surface area contributed by atoms with Crippen molar-refractivity contribution in [3.05, 3.63) is 34.5 Å². The van der Waals surface area contributed by atoms with Crippen LogP contribution in [0.4, 0.5) is 0 Å². The average Bonchev–Trinajstić information content (AvgIpc) is 2.37. The summed E-state index contributed by atoms with van der Waals surface area (Å²) in [7, 11) is 1.60. The van der Waals surface area contributed by atoms with Gasteiger partial charge in [0.25, 0.3) is 0 Å². The Morgan fingerprint density at radius 2 is 2.16 bits per heavy atom. The number of hydrogen-bond donors (Lipinski definition) is 0. The lowest BCUT2D eigenvalue weighted by atomic mass is 10.0. The molecule has 0 spiro atoms. The second kappa shape index (κ2) is 5.76. The molecule has 1 aromatic heterocycles. The predicted octanol–water partition coefficient (Wildman–Crippen LogP) is 3.90. The van der Waals surface area contributed by atoms with E-state index in [1.807, 2.05) is 25.1 Å². The molecule has 0 aliphatic heterocycles. The Hall–Kier alpha value is -1.32. The van der Waals surface area contributed by atoms with Gasteiger partial charge in [0.05, 0.1) is 7.11 Å². The van der Waals surface area contributed by atoms with Gasteiger partial charge in [-0.3, -0.25) is 4.79 Å². The monoisotopic (exact) mass is 297 g/mol. The summed E-state index contributed by atoms with van der Waals surface area (Å²) in [5, 5.41) is 0.980. The fraction of sp³-hybridized carbons (Fsp3) is 0.286. The van der Waals surface area contributed by atoms with Crippen LogP contribution in [0.3, 0.4) is 0 Å². The summed E-state index contributed by atoms with van der Waals surface area (Å²) in [5.74, 6) is 0.683. The Labute approximate surface area is 121 Å². The number of benzene rings is 1. The van der Waals surface area contributed by atoms with Gasteiger partial charge < -0.3 is 4.74 Å². The van der Waals surface area contributed by atoms with Crippen molar-refractivity contribution in [2.45, 2.75) is 19.8 Å². The van der Waals surface area contributed by atoms with E-state index >= 15 is 0 Å². The normalized spacial score (nSPS) is 10.7. The van der Waals surface area contributed by atoms with Gasteiger partial charge in [0.1, 0.15) is 16.4 Å². The van der Waals surface area contributed by atoms with Gasteiger partial charge in [-0.15, -0.1) is 0 Å². The van der Waals surface area contributed by atoms with Crippen LogP contribution in [-0.4, -0.2) is 17.3 Å². The first-order chi connectivity index (χ1) is 9.02. The van der Waals surface area contributed by atoms with Gasteiger partial charge in [0.15, 0.2) is 0 Å². The molecule has 0 radical (unpaired) electrons. The summed E-state index contributed by atoms with van der Waals surface area (Å²) in [6.07, 6.45) is 0.734. The van der Waals surface area contributed by atoms with E-state index in [1.165, 1.54) is 0 Å². The summed E-state index contributed by atoms with van der Waals surface area (Å²) >= 11 is 11.5. The maximum absolute atomic E-state index is 10.8. The molecule has 19 heavy (non-hydrogen) atoms. The number of halogens is 2. The summed E-state index contributed by atoms with van der Waals surface area (Å²) in [5.41, 5.74) is 2.63. The number of hydrogen-bond acceptors (Lipinski definition) is 3. The topological polar surface area (TPSA) is 39.2 Å². The van der Waals surface area contributed by atoms with Gasteiger partial charge in [-0.25, -0.2) is 4.98 Å². The zero-order valence-electron chi connectivity index (χ0n) is 10.7. The number of carbonyl (C=O) groups excluding carboxylic acids is 1. The molecular formula is C14H13Cl2NO2. The molecule has 0 bridgehead atoms. The van der Waals surface area contributed by atoms with Gasteiger partial charge in [0.2, 0.25) is 5.24 Å². The molecule has 0 amide bonds. The van der Waals surface area contributed by atoms with Crippen LogP contribution in [0, 0.1) is 6.92 Å². The number of pyridine rings is 1. The van der Waals surface area contributed by atoms with E-state index < -0.39 is 0 Å². The molecule has 0 saturated heterocycles. The highest BCUT2D eigenvalue weighted by Crippen LogP contribution is 2.30. The van der Waals surface area contributed by atoms with Crippen LogP contribution in [0.25, 0.3) is 10.9 Å². The Bertz CT molecular complexity index is 641. The van der Waals surface area contributed by atoms with Gasteiger partial charge in [-0.2, -0.15) is 0 Å². The number of aromatic nitrogens is 1. The number of fused-ring (bicyclic) bond motifs is 1. The Kier molecular flexibility index (Phi) is 4.27. The zero-order chi connectivity index (χ0) is 14.0. The van der Waals surface area contributed by atoms with Crippen molar-refractivity contribution >= 4 is 39.3 Å².